The number of aromatic nitrogens is 2. The van der Waals surface area contributed by atoms with Gasteiger partial charge in [0.2, 0.25) is 5.91 Å². The van der Waals surface area contributed by atoms with Gasteiger partial charge < -0.3 is 15.5 Å². The monoisotopic (exact) mass is 435 g/mol. The Kier molecular flexibility index (Phi) is 6.43. The number of benzene rings is 1. The second-order valence-corrected chi connectivity index (χ2v) is 7.71. The number of hydrogen-bond acceptors (Lipinski definition) is 5. The van der Waals surface area contributed by atoms with Crippen LogP contribution in [0, 0.1) is 0 Å². The van der Waals surface area contributed by atoms with E-state index in [2.05, 4.69) is 20.6 Å². The van der Waals surface area contributed by atoms with Gasteiger partial charge in [-0.15, -0.1) is 0 Å². The van der Waals surface area contributed by atoms with Gasteiger partial charge in [0.05, 0.1) is 24.3 Å². The van der Waals surface area contributed by atoms with Gasteiger partial charge in [0.25, 0.3) is 5.91 Å². The molecule has 0 fully saturated rings. The van der Waals surface area contributed by atoms with Crippen LogP contribution in [0.15, 0.2) is 61.1 Å². The largest absolute Gasteiger partial charge is 0.359 e. The molecule has 3 heterocycles. The molecule has 0 saturated heterocycles. The zero-order valence-electron chi connectivity index (χ0n) is 16.8. The quantitative estimate of drug-likeness (QED) is 0.555. The smallest absolute Gasteiger partial charge is 0.252 e. The third kappa shape index (κ3) is 5.19. The molecule has 2 aromatic heterocycles. The van der Waals surface area contributed by atoms with Gasteiger partial charge in [-0.25, -0.2) is 4.98 Å². The Balaban J connectivity index is 1.43. The van der Waals surface area contributed by atoms with Gasteiger partial charge in [-0.1, -0.05) is 29.8 Å². The van der Waals surface area contributed by atoms with Gasteiger partial charge >= 0.3 is 0 Å². The van der Waals surface area contributed by atoms with Gasteiger partial charge in [0, 0.05) is 30.2 Å². The van der Waals surface area contributed by atoms with Crippen LogP contribution in [0.5, 0.6) is 0 Å². The number of amides is 2. The summed E-state index contributed by atoms with van der Waals surface area (Å²) in [5.41, 5.74) is 3.08. The van der Waals surface area contributed by atoms with E-state index in [9.17, 15) is 9.59 Å². The Morgan fingerprint density at radius 2 is 2.00 bits per heavy atom. The van der Waals surface area contributed by atoms with Crippen molar-refractivity contribution >= 4 is 34.9 Å². The van der Waals surface area contributed by atoms with Crippen molar-refractivity contribution in [3.63, 3.8) is 0 Å². The van der Waals surface area contributed by atoms with Crippen LogP contribution < -0.4 is 15.5 Å². The molecule has 0 spiro atoms. The van der Waals surface area contributed by atoms with Crippen molar-refractivity contribution in [3.05, 3.63) is 82.8 Å². The molecule has 2 amide bonds. The van der Waals surface area contributed by atoms with E-state index in [1.807, 2.05) is 30.5 Å². The molecular weight excluding hydrogens is 414 g/mol. The summed E-state index contributed by atoms with van der Waals surface area (Å²) in [6, 6.07) is 13.0. The SMILES string of the molecule is O=C(NCCCc1cccnc1)c1cnc2c(c1)N(Cc1ccc(Cl)cc1)C(=O)CN2. The van der Waals surface area contributed by atoms with Crippen molar-refractivity contribution < 1.29 is 9.59 Å². The van der Waals surface area contributed by atoms with E-state index in [0.717, 1.165) is 24.0 Å². The van der Waals surface area contributed by atoms with Crippen LogP contribution in [0.2, 0.25) is 5.02 Å². The van der Waals surface area contributed by atoms with Crippen LogP contribution in [0.4, 0.5) is 11.5 Å². The van der Waals surface area contributed by atoms with E-state index >= 15 is 0 Å². The summed E-state index contributed by atoms with van der Waals surface area (Å²) in [5, 5.41) is 6.57. The number of fused-ring (bicyclic) bond motifs is 1. The van der Waals surface area contributed by atoms with E-state index < -0.39 is 0 Å². The first-order valence-corrected chi connectivity index (χ1v) is 10.4. The number of aryl methyl sites for hydroxylation is 1. The number of carbonyl (C=O) groups excluding carboxylic acids is 2. The highest BCUT2D eigenvalue weighted by molar-refractivity contribution is 6.30. The lowest BCUT2D eigenvalue weighted by Crippen LogP contribution is -2.40. The highest BCUT2D eigenvalue weighted by atomic mass is 35.5. The van der Waals surface area contributed by atoms with Crippen LogP contribution in [-0.2, 0) is 17.8 Å². The topological polar surface area (TPSA) is 87.2 Å². The average molecular weight is 436 g/mol. The fourth-order valence-corrected chi connectivity index (χ4v) is 3.52. The van der Waals surface area contributed by atoms with Gasteiger partial charge in [-0.3, -0.25) is 14.6 Å². The van der Waals surface area contributed by atoms with Crippen LogP contribution in [0.1, 0.15) is 27.9 Å². The molecule has 2 N–H and O–H groups in total. The minimum absolute atomic E-state index is 0.0849. The summed E-state index contributed by atoms with van der Waals surface area (Å²) in [6.07, 6.45) is 6.74. The molecule has 3 aromatic rings. The molecule has 7 nitrogen and oxygen atoms in total. The molecule has 1 aromatic carbocycles. The van der Waals surface area contributed by atoms with Crippen molar-refractivity contribution in [1.82, 2.24) is 15.3 Å². The van der Waals surface area contributed by atoms with Crippen molar-refractivity contribution in [2.75, 3.05) is 23.3 Å². The summed E-state index contributed by atoms with van der Waals surface area (Å²) in [5.74, 6) is 0.283. The predicted molar refractivity (Wildman–Crippen MR) is 120 cm³/mol. The second kappa shape index (κ2) is 9.57. The van der Waals surface area contributed by atoms with Crippen LogP contribution in [0.25, 0.3) is 0 Å². The van der Waals surface area contributed by atoms with Crippen LogP contribution in [0.3, 0.4) is 0 Å². The van der Waals surface area contributed by atoms with Crippen molar-refractivity contribution in [3.8, 4) is 0 Å². The number of hydrogen-bond donors (Lipinski definition) is 2. The number of pyridine rings is 2. The van der Waals surface area contributed by atoms with Gasteiger partial charge in [0.1, 0.15) is 0 Å². The summed E-state index contributed by atoms with van der Waals surface area (Å²) >= 11 is 5.96. The minimum Gasteiger partial charge on any atom is -0.359 e. The van der Waals surface area contributed by atoms with E-state index in [0.29, 0.717) is 35.2 Å². The number of carbonyl (C=O) groups is 2. The highest BCUT2D eigenvalue weighted by Gasteiger charge is 2.26. The fraction of sp³-hybridized carbons (Fsp3) is 0.217. The Morgan fingerprint density at radius 3 is 2.77 bits per heavy atom. The molecule has 4 rings (SSSR count). The summed E-state index contributed by atoms with van der Waals surface area (Å²) in [7, 11) is 0. The van der Waals surface area contributed by atoms with Crippen molar-refractivity contribution in [1.29, 1.82) is 0 Å². The Bertz CT molecular complexity index is 1070. The summed E-state index contributed by atoms with van der Waals surface area (Å²) in [4.78, 5) is 35.3. The third-order valence-electron chi connectivity index (χ3n) is 5.03. The lowest BCUT2D eigenvalue weighted by Gasteiger charge is -2.29. The second-order valence-electron chi connectivity index (χ2n) is 7.27. The number of anilines is 2. The lowest BCUT2D eigenvalue weighted by atomic mass is 10.1. The molecular formula is C23H22ClN5O2. The first-order chi connectivity index (χ1) is 15.1. The molecule has 0 unspecified atom stereocenters. The maximum absolute atomic E-state index is 12.6. The maximum atomic E-state index is 12.6. The zero-order chi connectivity index (χ0) is 21.6. The molecule has 1 aliphatic heterocycles. The standard InChI is InChI=1S/C23H22ClN5O2/c24-19-7-5-17(6-8-19)15-29-20-11-18(13-27-22(20)28-14-21(29)30)23(31)26-10-2-4-16-3-1-9-25-12-16/h1,3,5-9,11-13H,2,4,10,14-15H2,(H,26,31)(H,27,28). The van der Waals surface area contributed by atoms with Gasteiger partial charge in [-0.05, 0) is 48.2 Å². The molecule has 0 atom stereocenters. The van der Waals surface area contributed by atoms with Gasteiger partial charge in [0.15, 0.2) is 5.82 Å². The zero-order valence-corrected chi connectivity index (χ0v) is 17.6. The summed E-state index contributed by atoms with van der Waals surface area (Å²) < 4.78 is 0. The third-order valence-corrected chi connectivity index (χ3v) is 5.29. The van der Waals surface area contributed by atoms with Crippen molar-refractivity contribution in [2.45, 2.75) is 19.4 Å². The lowest BCUT2D eigenvalue weighted by molar-refractivity contribution is -0.117. The molecule has 158 valence electrons. The summed E-state index contributed by atoms with van der Waals surface area (Å²) in [6.45, 7) is 1.08. The minimum atomic E-state index is -0.217. The molecule has 0 aliphatic carbocycles. The molecule has 0 bridgehead atoms. The number of nitrogens with one attached hydrogen (secondary N) is 2. The first kappa shape index (κ1) is 20.8. The normalized spacial score (nSPS) is 12.8. The predicted octanol–water partition coefficient (Wildman–Crippen LogP) is 3.45. The Labute approximate surface area is 185 Å². The molecule has 0 radical (unpaired) electrons. The van der Waals surface area contributed by atoms with E-state index in [-0.39, 0.29) is 18.4 Å². The molecule has 1 aliphatic rings. The molecule has 0 saturated carbocycles. The fourth-order valence-electron chi connectivity index (χ4n) is 3.40. The number of halogens is 1. The molecule has 31 heavy (non-hydrogen) atoms. The first-order valence-electron chi connectivity index (χ1n) is 10.1. The molecule has 8 heteroatoms. The van der Waals surface area contributed by atoms with Crippen LogP contribution in [-0.4, -0.2) is 34.9 Å². The van der Waals surface area contributed by atoms with E-state index in [1.54, 1.807) is 29.3 Å². The van der Waals surface area contributed by atoms with Gasteiger partial charge in [-0.2, -0.15) is 0 Å². The van der Waals surface area contributed by atoms with E-state index in [1.165, 1.54) is 6.20 Å². The van der Waals surface area contributed by atoms with Crippen LogP contribution >= 0.6 is 11.6 Å². The van der Waals surface area contributed by atoms with E-state index in [4.69, 9.17) is 11.6 Å². The number of nitrogens with zero attached hydrogens (tertiary/aromatic N) is 3. The number of rotatable bonds is 7. The average Bonchev–Trinajstić information content (AvgIpc) is 2.80. The Hall–Kier alpha value is -3.45. The van der Waals surface area contributed by atoms with Crippen molar-refractivity contribution in [2.24, 2.45) is 0 Å². The Morgan fingerprint density at radius 1 is 1.16 bits per heavy atom. The maximum Gasteiger partial charge on any atom is 0.252 e. The highest BCUT2D eigenvalue weighted by Crippen LogP contribution is 2.30.